The van der Waals surface area contributed by atoms with Crippen molar-refractivity contribution in [3.05, 3.63) is 28.2 Å². The van der Waals surface area contributed by atoms with Crippen molar-refractivity contribution in [1.82, 2.24) is 0 Å². The molecule has 3 heteroatoms. The van der Waals surface area contributed by atoms with Gasteiger partial charge in [0.05, 0.1) is 11.1 Å². The van der Waals surface area contributed by atoms with Crippen molar-refractivity contribution in [2.24, 2.45) is 17.8 Å². The minimum atomic E-state index is 0.497. The Hall–Kier alpha value is -0.0200. The van der Waals surface area contributed by atoms with Crippen LogP contribution in [0.3, 0.4) is 0 Å². The van der Waals surface area contributed by atoms with Gasteiger partial charge in [0, 0.05) is 4.83 Å². The molecule has 0 saturated heterocycles. The maximum atomic E-state index is 5.71. The predicted molar refractivity (Wildman–Crippen MR) is 85.9 cm³/mol. The monoisotopic (exact) mass is 386 g/mol. The van der Waals surface area contributed by atoms with E-state index in [1.807, 2.05) is 0 Å². The lowest BCUT2D eigenvalue weighted by Crippen LogP contribution is -2.06. The Bertz CT molecular complexity index is 450. The van der Waals surface area contributed by atoms with Crippen molar-refractivity contribution in [2.45, 2.75) is 37.4 Å². The van der Waals surface area contributed by atoms with E-state index in [-0.39, 0.29) is 0 Å². The first kappa shape index (κ1) is 13.9. The van der Waals surface area contributed by atoms with Crippen LogP contribution in [0, 0.1) is 17.8 Å². The van der Waals surface area contributed by atoms with Crippen LogP contribution >= 0.6 is 31.9 Å². The van der Waals surface area contributed by atoms with Crippen LogP contribution in [-0.2, 0) is 0 Å². The van der Waals surface area contributed by atoms with Crippen LogP contribution in [0.25, 0.3) is 0 Å². The van der Waals surface area contributed by atoms with Crippen LogP contribution in [0.4, 0.5) is 0 Å². The summed E-state index contributed by atoms with van der Waals surface area (Å²) in [6, 6.07) is 6.52. The molecule has 2 saturated carbocycles. The molecule has 0 radical (unpaired) electrons. The fourth-order valence-electron chi connectivity index (χ4n) is 3.29. The van der Waals surface area contributed by atoms with Gasteiger partial charge in [-0.2, -0.15) is 0 Å². The third kappa shape index (κ3) is 3.02. The standard InChI is InChI=1S/C16H20Br2O/c1-2-5-19-15-4-3-10(9-14(15)17)16(18)13-7-11-6-12(11)8-13/h3-4,9,11-13,16H,2,5-8H2,1H3. The van der Waals surface area contributed by atoms with E-state index < -0.39 is 0 Å². The van der Waals surface area contributed by atoms with Gasteiger partial charge < -0.3 is 4.74 Å². The van der Waals surface area contributed by atoms with E-state index in [0.717, 1.165) is 41.0 Å². The molecule has 1 aromatic carbocycles. The Morgan fingerprint density at radius 2 is 2.00 bits per heavy atom. The summed E-state index contributed by atoms with van der Waals surface area (Å²) >= 11 is 7.54. The average molecular weight is 388 g/mol. The number of ether oxygens (including phenoxy) is 1. The molecule has 1 nitrogen and oxygen atoms in total. The van der Waals surface area contributed by atoms with Crippen molar-refractivity contribution in [3.8, 4) is 5.75 Å². The maximum Gasteiger partial charge on any atom is 0.133 e. The van der Waals surface area contributed by atoms with Crippen molar-refractivity contribution < 1.29 is 4.74 Å². The first-order valence-electron chi connectivity index (χ1n) is 7.25. The molecule has 3 atom stereocenters. The normalized spacial score (nSPS) is 29.9. The second-order valence-electron chi connectivity index (χ2n) is 5.93. The van der Waals surface area contributed by atoms with Gasteiger partial charge in [-0.3, -0.25) is 0 Å². The summed E-state index contributed by atoms with van der Waals surface area (Å²) in [7, 11) is 0. The van der Waals surface area contributed by atoms with E-state index >= 15 is 0 Å². The van der Waals surface area contributed by atoms with Gasteiger partial charge in [0.15, 0.2) is 0 Å². The molecule has 0 bridgehead atoms. The average Bonchev–Trinajstić information content (AvgIpc) is 3.03. The molecule has 0 aromatic heterocycles. The molecule has 104 valence electrons. The highest BCUT2D eigenvalue weighted by atomic mass is 79.9. The van der Waals surface area contributed by atoms with Gasteiger partial charge in [-0.15, -0.1) is 0 Å². The largest absolute Gasteiger partial charge is 0.492 e. The van der Waals surface area contributed by atoms with Crippen molar-refractivity contribution in [1.29, 1.82) is 0 Å². The molecule has 19 heavy (non-hydrogen) atoms. The first-order chi connectivity index (χ1) is 9.19. The first-order valence-corrected chi connectivity index (χ1v) is 8.96. The molecule has 0 spiro atoms. The molecular formula is C16H20Br2O. The molecule has 2 aliphatic carbocycles. The summed E-state index contributed by atoms with van der Waals surface area (Å²) in [6.45, 7) is 2.91. The van der Waals surface area contributed by atoms with E-state index in [1.54, 1.807) is 0 Å². The summed E-state index contributed by atoms with van der Waals surface area (Å²) in [5.41, 5.74) is 1.38. The molecule has 0 aliphatic heterocycles. The van der Waals surface area contributed by atoms with E-state index in [9.17, 15) is 0 Å². The molecular weight excluding hydrogens is 368 g/mol. The summed E-state index contributed by atoms with van der Waals surface area (Å²) < 4.78 is 6.78. The van der Waals surface area contributed by atoms with E-state index in [2.05, 4.69) is 57.0 Å². The van der Waals surface area contributed by atoms with Gasteiger partial charge in [-0.05, 0) is 77.1 Å². The zero-order chi connectivity index (χ0) is 13.4. The Kier molecular flexibility index (Phi) is 4.23. The maximum absolute atomic E-state index is 5.71. The number of halogens is 2. The Morgan fingerprint density at radius 1 is 1.26 bits per heavy atom. The second kappa shape index (κ2) is 5.77. The van der Waals surface area contributed by atoms with Gasteiger partial charge in [0.2, 0.25) is 0 Å². The highest BCUT2D eigenvalue weighted by Crippen LogP contribution is 2.58. The number of hydrogen-bond donors (Lipinski definition) is 0. The number of alkyl halides is 1. The molecule has 2 fully saturated rings. The van der Waals surface area contributed by atoms with Crippen molar-refractivity contribution in [2.75, 3.05) is 6.61 Å². The van der Waals surface area contributed by atoms with Gasteiger partial charge in [0.25, 0.3) is 0 Å². The van der Waals surface area contributed by atoms with Crippen LogP contribution in [0.2, 0.25) is 0 Å². The summed E-state index contributed by atoms with van der Waals surface area (Å²) in [5, 5.41) is 0. The van der Waals surface area contributed by atoms with Crippen LogP contribution in [0.5, 0.6) is 5.75 Å². The van der Waals surface area contributed by atoms with Crippen molar-refractivity contribution >= 4 is 31.9 Å². The zero-order valence-electron chi connectivity index (χ0n) is 11.2. The third-order valence-corrected chi connectivity index (χ3v) is 6.33. The molecule has 3 rings (SSSR count). The minimum Gasteiger partial charge on any atom is -0.492 e. The Labute approximate surface area is 132 Å². The molecule has 2 aliphatic rings. The second-order valence-corrected chi connectivity index (χ2v) is 7.77. The number of fused-ring (bicyclic) bond motifs is 1. The molecule has 0 heterocycles. The van der Waals surface area contributed by atoms with E-state index in [1.165, 1.54) is 24.8 Å². The number of rotatable bonds is 5. The summed E-state index contributed by atoms with van der Waals surface area (Å²) in [6.07, 6.45) is 5.35. The zero-order valence-corrected chi connectivity index (χ0v) is 14.4. The van der Waals surface area contributed by atoms with Gasteiger partial charge in [0.1, 0.15) is 5.75 Å². The Morgan fingerprint density at radius 3 is 2.63 bits per heavy atom. The fraction of sp³-hybridized carbons (Fsp3) is 0.625. The van der Waals surface area contributed by atoms with E-state index in [0.29, 0.717) is 4.83 Å². The van der Waals surface area contributed by atoms with Crippen LogP contribution in [-0.4, -0.2) is 6.61 Å². The van der Waals surface area contributed by atoms with Crippen LogP contribution < -0.4 is 4.74 Å². The highest BCUT2D eigenvalue weighted by Gasteiger charge is 2.47. The van der Waals surface area contributed by atoms with Gasteiger partial charge in [-0.1, -0.05) is 28.9 Å². The SMILES string of the molecule is CCCOc1ccc(C(Br)C2CC3CC3C2)cc1Br. The summed E-state index contributed by atoms with van der Waals surface area (Å²) in [5.74, 6) is 3.86. The number of hydrogen-bond acceptors (Lipinski definition) is 1. The topological polar surface area (TPSA) is 9.23 Å². The van der Waals surface area contributed by atoms with Gasteiger partial charge in [-0.25, -0.2) is 0 Å². The molecule has 1 aromatic rings. The van der Waals surface area contributed by atoms with Gasteiger partial charge >= 0.3 is 0 Å². The molecule has 3 unspecified atom stereocenters. The highest BCUT2D eigenvalue weighted by molar-refractivity contribution is 9.10. The minimum absolute atomic E-state index is 0.497. The van der Waals surface area contributed by atoms with Crippen LogP contribution in [0.15, 0.2) is 22.7 Å². The van der Waals surface area contributed by atoms with E-state index in [4.69, 9.17) is 4.74 Å². The lowest BCUT2D eigenvalue weighted by molar-refractivity contribution is 0.315. The third-order valence-electron chi connectivity index (χ3n) is 4.43. The fourth-order valence-corrected chi connectivity index (χ4v) is 4.52. The van der Waals surface area contributed by atoms with Crippen LogP contribution in [0.1, 0.15) is 43.0 Å². The lowest BCUT2D eigenvalue weighted by Gasteiger charge is -2.20. The smallest absolute Gasteiger partial charge is 0.133 e. The quantitative estimate of drug-likeness (QED) is 0.587. The summed E-state index contributed by atoms with van der Waals surface area (Å²) in [4.78, 5) is 0.497. The molecule has 0 amide bonds. The lowest BCUT2D eigenvalue weighted by atomic mass is 9.94. The van der Waals surface area contributed by atoms with Crippen molar-refractivity contribution in [3.63, 3.8) is 0 Å². The number of benzene rings is 1. The Balaban J connectivity index is 1.68. The predicted octanol–water partition coefficient (Wildman–Crippen LogP) is 5.72. The molecule has 0 N–H and O–H groups in total.